The normalized spacial score (nSPS) is 18.7. The van der Waals surface area contributed by atoms with Crippen molar-refractivity contribution in [2.45, 2.75) is 31.8 Å². The Bertz CT molecular complexity index is 874. The van der Waals surface area contributed by atoms with Gasteiger partial charge < -0.3 is 10.1 Å². The fourth-order valence-electron chi connectivity index (χ4n) is 4.25. The van der Waals surface area contributed by atoms with Crippen LogP contribution < -0.4 is 10.1 Å². The number of hydrogen-bond donors (Lipinski definition) is 1. The molecule has 3 aromatic rings. The summed E-state index contributed by atoms with van der Waals surface area (Å²) >= 11 is 0. The van der Waals surface area contributed by atoms with Crippen LogP contribution in [0.4, 0.5) is 0 Å². The molecule has 27 heavy (non-hydrogen) atoms. The zero-order valence-corrected chi connectivity index (χ0v) is 15.9. The molecule has 4 rings (SSSR count). The second-order valence-corrected chi connectivity index (χ2v) is 7.40. The molecule has 0 aromatic heterocycles. The van der Waals surface area contributed by atoms with E-state index in [0.29, 0.717) is 12.0 Å². The Morgan fingerprint density at radius 3 is 2.52 bits per heavy atom. The minimum absolute atomic E-state index is 0.376. The third-order valence-electron chi connectivity index (χ3n) is 5.65. The predicted molar refractivity (Wildman–Crippen MR) is 111 cm³/mol. The third-order valence-corrected chi connectivity index (χ3v) is 5.65. The van der Waals surface area contributed by atoms with E-state index in [4.69, 9.17) is 4.74 Å². The third kappa shape index (κ3) is 4.23. The molecule has 0 radical (unpaired) electrons. The maximum absolute atomic E-state index is 5.42. The summed E-state index contributed by atoms with van der Waals surface area (Å²) in [5, 5.41) is 3.86. The SMILES string of the molecule is COc1cccc(CC2CCc3ccccc3C2NCc2ccccc2)c1. The van der Waals surface area contributed by atoms with Gasteiger partial charge in [0.25, 0.3) is 0 Å². The van der Waals surface area contributed by atoms with Crippen LogP contribution >= 0.6 is 0 Å². The molecule has 2 nitrogen and oxygen atoms in total. The molecule has 2 heteroatoms. The molecule has 1 aliphatic carbocycles. The molecule has 0 amide bonds. The summed E-state index contributed by atoms with van der Waals surface area (Å²) in [7, 11) is 1.74. The summed E-state index contributed by atoms with van der Waals surface area (Å²) in [6.45, 7) is 0.897. The van der Waals surface area contributed by atoms with Gasteiger partial charge >= 0.3 is 0 Å². The van der Waals surface area contributed by atoms with Crippen molar-refractivity contribution in [1.82, 2.24) is 5.32 Å². The lowest BCUT2D eigenvalue weighted by Gasteiger charge is -2.35. The van der Waals surface area contributed by atoms with E-state index in [2.05, 4.69) is 78.1 Å². The van der Waals surface area contributed by atoms with Crippen LogP contribution in [0.5, 0.6) is 5.75 Å². The van der Waals surface area contributed by atoms with Gasteiger partial charge in [-0.25, -0.2) is 0 Å². The summed E-state index contributed by atoms with van der Waals surface area (Å²) in [6, 6.07) is 28.5. The van der Waals surface area contributed by atoms with Crippen LogP contribution in [0.15, 0.2) is 78.9 Å². The average molecular weight is 357 g/mol. The molecule has 0 saturated carbocycles. The lowest BCUT2D eigenvalue weighted by atomic mass is 9.77. The summed E-state index contributed by atoms with van der Waals surface area (Å²) in [6.07, 6.45) is 3.44. The Morgan fingerprint density at radius 2 is 1.67 bits per heavy atom. The van der Waals surface area contributed by atoms with Crippen LogP contribution in [-0.2, 0) is 19.4 Å². The maximum atomic E-state index is 5.42. The van der Waals surface area contributed by atoms with Crippen molar-refractivity contribution in [2.75, 3.05) is 7.11 Å². The van der Waals surface area contributed by atoms with E-state index in [1.54, 1.807) is 7.11 Å². The van der Waals surface area contributed by atoms with Crippen molar-refractivity contribution < 1.29 is 4.74 Å². The Kier molecular flexibility index (Phi) is 5.55. The van der Waals surface area contributed by atoms with Crippen molar-refractivity contribution >= 4 is 0 Å². The van der Waals surface area contributed by atoms with Crippen LogP contribution in [0, 0.1) is 5.92 Å². The first kappa shape index (κ1) is 17.8. The number of ether oxygens (including phenoxy) is 1. The number of methoxy groups -OCH3 is 1. The Balaban J connectivity index is 1.57. The van der Waals surface area contributed by atoms with Gasteiger partial charge in [0.05, 0.1) is 7.11 Å². The maximum Gasteiger partial charge on any atom is 0.119 e. The first-order valence-corrected chi connectivity index (χ1v) is 9.81. The van der Waals surface area contributed by atoms with Gasteiger partial charge in [-0.1, -0.05) is 66.7 Å². The number of fused-ring (bicyclic) bond motifs is 1. The highest BCUT2D eigenvalue weighted by Crippen LogP contribution is 2.37. The van der Waals surface area contributed by atoms with Gasteiger partial charge in [0.2, 0.25) is 0 Å². The van der Waals surface area contributed by atoms with E-state index < -0.39 is 0 Å². The molecule has 0 bridgehead atoms. The standard InChI is InChI=1S/C25H27NO/c1-27-23-12-7-10-20(17-23)16-22-15-14-21-11-5-6-13-24(21)25(22)26-18-19-8-3-2-4-9-19/h2-13,17,22,25-26H,14-16,18H2,1H3. The molecular weight excluding hydrogens is 330 g/mol. The van der Waals surface area contributed by atoms with Crippen molar-refractivity contribution in [1.29, 1.82) is 0 Å². The highest BCUT2D eigenvalue weighted by Gasteiger charge is 2.29. The zero-order valence-electron chi connectivity index (χ0n) is 15.9. The fourth-order valence-corrected chi connectivity index (χ4v) is 4.25. The predicted octanol–water partition coefficient (Wildman–Crippen LogP) is 5.33. The first-order chi connectivity index (χ1) is 13.3. The molecule has 0 fully saturated rings. The molecule has 2 unspecified atom stereocenters. The number of hydrogen-bond acceptors (Lipinski definition) is 2. The lowest BCUT2D eigenvalue weighted by Crippen LogP contribution is -2.33. The van der Waals surface area contributed by atoms with Gasteiger partial charge in [-0.15, -0.1) is 0 Å². The summed E-state index contributed by atoms with van der Waals surface area (Å²) < 4.78 is 5.42. The van der Waals surface area contributed by atoms with Gasteiger partial charge in [0.1, 0.15) is 5.75 Å². The molecule has 1 N–H and O–H groups in total. The van der Waals surface area contributed by atoms with Crippen LogP contribution in [0.1, 0.15) is 34.7 Å². The largest absolute Gasteiger partial charge is 0.497 e. The first-order valence-electron chi connectivity index (χ1n) is 9.81. The second-order valence-electron chi connectivity index (χ2n) is 7.40. The molecule has 0 saturated heterocycles. The van der Waals surface area contributed by atoms with Gasteiger partial charge in [-0.3, -0.25) is 0 Å². The van der Waals surface area contributed by atoms with E-state index in [0.717, 1.165) is 25.1 Å². The second kappa shape index (κ2) is 8.41. The monoisotopic (exact) mass is 357 g/mol. The summed E-state index contributed by atoms with van der Waals surface area (Å²) in [4.78, 5) is 0. The van der Waals surface area contributed by atoms with Gasteiger partial charge in [0.15, 0.2) is 0 Å². The zero-order chi connectivity index (χ0) is 18.5. The minimum atomic E-state index is 0.376. The number of aryl methyl sites for hydroxylation is 1. The fraction of sp³-hybridized carbons (Fsp3) is 0.280. The van der Waals surface area contributed by atoms with Crippen LogP contribution in [0.25, 0.3) is 0 Å². The van der Waals surface area contributed by atoms with Crippen molar-refractivity contribution in [3.05, 3.63) is 101 Å². The van der Waals surface area contributed by atoms with Crippen molar-refractivity contribution in [3.8, 4) is 5.75 Å². The van der Waals surface area contributed by atoms with Gasteiger partial charge in [0, 0.05) is 12.6 Å². The van der Waals surface area contributed by atoms with E-state index in [1.165, 1.54) is 28.7 Å². The number of benzene rings is 3. The Hall–Kier alpha value is -2.58. The van der Waals surface area contributed by atoms with Crippen molar-refractivity contribution in [2.24, 2.45) is 5.92 Å². The Morgan fingerprint density at radius 1 is 0.889 bits per heavy atom. The molecule has 3 aromatic carbocycles. The molecule has 0 spiro atoms. The lowest BCUT2D eigenvalue weighted by molar-refractivity contribution is 0.316. The average Bonchev–Trinajstić information content (AvgIpc) is 2.74. The van der Waals surface area contributed by atoms with Gasteiger partial charge in [-0.2, -0.15) is 0 Å². The van der Waals surface area contributed by atoms with E-state index in [-0.39, 0.29) is 0 Å². The van der Waals surface area contributed by atoms with Gasteiger partial charge in [-0.05, 0) is 59.6 Å². The molecule has 1 aliphatic rings. The number of nitrogens with one attached hydrogen (secondary N) is 1. The Labute approximate surface area is 162 Å². The number of rotatable bonds is 6. The highest BCUT2D eigenvalue weighted by molar-refractivity contribution is 5.35. The van der Waals surface area contributed by atoms with Crippen LogP contribution in [0.2, 0.25) is 0 Å². The van der Waals surface area contributed by atoms with Crippen LogP contribution in [-0.4, -0.2) is 7.11 Å². The van der Waals surface area contributed by atoms with E-state index in [1.807, 2.05) is 6.07 Å². The molecule has 0 aliphatic heterocycles. The minimum Gasteiger partial charge on any atom is -0.497 e. The molecule has 138 valence electrons. The van der Waals surface area contributed by atoms with E-state index in [9.17, 15) is 0 Å². The van der Waals surface area contributed by atoms with E-state index >= 15 is 0 Å². The molecular formula is C25H27NO. The summed E-state index contributed by atoms with van der Waals surface area (Å²) in [5.41, 5.74) is 5.64. The smallest absolute Gasteiger partial charge is 0.119 e. The quantitative estimate of drug-likeness (QED) is 0.644. The van der Waals surface area contributed by atoms with Crippen molar-refractivity contribution in [3.63, 3.8) is 0 Å². The molecule has 2 atom stereocenters. The summed E-state index contributed by atoms with van der Waals surface area (Å²) in [5.74, 6) is 1.52. The topological polar surface area (TPSA) is 21.3 Å². The van der Waals surface area contributed by atoms with Crippen LogP contribution in [0.3, 0.4) is 0 Å². The molecule has 0 heterocycles. The highest BCUT2D eigenvalue weighted by atomic mass is 16.5.